The Balaban J connectivity index is 2.00. The molecule has 4 heteroatoms. The van der Waals surface area contributed by atoms with Gasteiger partial charge in [-0.25, -0.2) is 0 Å². The van der Waals surface area contributed by atoms with Gasteiger partial charge in [-0.3, -0.25) is 0 Å². The topological polar surface area (TPSA) is 32.5 Å². The van der Waals surface area contributed by atoms with Gasteiger partial charge in [0.2, 0.25) is 0 Å². The van der Waals surface area contributed by atoms with Crippen LogP contribution in [0, 0.1) is 0 Å². The van der Waals surface area contributed by atoms with Crippen molar-refractivity contribution in [3.05, 3.63) is 34.3 Å². The molecule has 1 aliphatic rings. The van der Waals surface area contributed by atoms with E-state index in [-0.39, 0.29) is 6.04 Å². The minimum atomic E-state index is 0.187. The lowest BCUT2D eigenvalue weighted by Gasteiger charge is -2.32. The monoisotopic (exact) mass is 325 g/mol. The average molecular weight is 326 g/mol. The zero-order chi connectivity index (χ0) is 13.8. The SMILES string of the molecule is CN1CCCN(C)C(C(N)Cc2ccc(Br)cc2)C1. The molecule has 2 atom stereocenters. The van der Waals surface area contributed by atoms with Gasteiger partial charge in [-0.05, 0) is 57.7 Å². The molecule has 1 fully saturated rings. The van der Waals surface area contributed by atoms with Crippen LogP contribution in [0.25, 0.3) is 0 Å². The third-order valence-corrected chi connectivity index (χ3v) is 4.52. The maximum Gasteiger partial charge on any atom is 0.0374 e. The molecule has 0 bridgehead atoms. The van der Waals surface area contributed by atoms with Crippen LogP contribution in [0.2, 0.25) is 0 Å². The molecule has 1 aliphatic heterocycles. The number of nitrogens with zero attached hydrogens (tertiary/aromatic N) is 2. The smallest absolute Gasteiger partial charge is 0.0374 e. The van der Waals surface area contributed by atoms with Crippen molar-refractivity contribution in [1.82, 2.24) is 9.80 Å². The van der Waals surface area contributed by atoms with Gasteiger partial charge in [0, 0.05) is 23.1 Å². The summed E-state index contributed by atoms with van der Waals surface area (Å²) in [7, 11) is 4.39. The molecule has 3 nitrogen and oxygen atoms in total. The molecular weight excluding hydrogens is 302 g/mol. The van der Waals surface area contributed by atoms with Crippen molar-refractivity contribution in [2.75, 3.05) is 33.7 Å². The molecule has 1 aromatic carbocycles. The first-order valence-corrected chi connectivity index (χ1v) is 7.74. The highest BCUT2D eigenvalue weighted by Gasteiger charge is 2.26. The first-order chi connectivity index (χ1) is 9.06. The average Bonchev–Trinajstić information content (AvgIpc) is 2.54. The molecule has 0 spiro atoms. The van der Waals surface area contributed by atoms with Gasteiger partial charge >= 0.3 is 0 Å². The van der Waals surface area contributed by atoms with E-state index in [0.717, 1.165) is 24.0 Å². The highest BCUT2D eigenvalue weighted by Crippen LogP contribution is 2.15. The first-order valence-electron chi connectivity index (χ1n) is 6.95. The Morgan fingerprint density at radius 1 is 1.26 bits per heavy atom. The van der Waals surface area contributed by atoms with Gasteiger partial charge in [-0.15, -0.1) is 0 Å². The largest absolute Gasteiger partial charge is 0.326 e. The minimum absolute atomic E-state index is 0.187. The van der Waals surface area contributed by atoms with Crippen LogP contribution in [0.4, 0.5) is 0 Å². The quantitative estimate of drug-likeness (QED) is 0.922. The summed E-state index contributed by atoms with van der Waals surface area (Å²) in [5.74, 6) is 0. The van der Waals surface area contributed by atoms with Crippen molar-refractivity contribution in [3.63, 3.8) is 0 Å². The number of rotatable bonds is 3. The Kier molecular flexibility index (Phi) is 5.39. The number of hydrogen-bond acceptors (Lipinski definition) is 3. The normalized spacial score (nSPS) is 24.1. The number of likely N-dealkylation sites (N-methyl/N-ethyl adjacent to an activating group) is 2. The minimum Gasteiger partial charge on any atom is -0.326 e. The fourth-order valence-electron chi connectivity index (χ4n) is 2.80. The first kappa shape index (κ1) is 15.0. The summed E-state index contributed by atoms with van der Waals surface area (Å²) in [5.41, 5.74) is 7.78. The van der Waals surface area contributed by atoms with E-state index < -0.39 is 0 Å². The molecule has 0 aliphatic carbocycles. The van der Waals surface area contributed by atoms with Gasteiger partial charge in [0.05, 0.1) is 0 Å². The molecule has 1 heterocycles. The molecule has 106 valence electrons. The lowest BCUT2D eigenvalue weighted by Crippen LogP contribution is -2.51. The molecular formula is C15H24BrN3. The third kappa shape index (κ3) is 4.28. The van der Waals surface area contributed by atoms with E-state index in [1.807, 2.05) is 0 Å². The molecule has 1 aromatic rings. The lowest BCUT2D eigenvalue weighted by molar-refractivity contribution is 0.195. The summed E-state index contributed by atoms with van der Waals surface area (Å²) in [4.78, 5) is 4.82. The second kappa shape index (κ2) is 6.84. The van der Waals surface area contributed by atoms with Crippen LogP contribution >= 0.6 is 15.9 Å². The summed E-state index contributed by atoms with van der Waals surface area (Å²) in [6, 6.07) is 9.12. The van der Waals surface area contributed by atoms with Crippen molar-refractivity contribution in [3.8, 4) is 0 Å². The van der Waals surface area contributed by atoms with Crippen LogP contribution in [-0.2, 0) is 6.42 Å². The number of hydrogen-bond donors (Lipinski definition) is 1. The van der Waals surface area contributed by atoms with E-state index in [2.05, 4.69) is 64.1 Å². The lowest BCUT2D eigenvalue weighted by atomic mass is 9.99. The molecule has 2 N–H and O–H groups in total. The van der Waals surface area contributed by atoms with E-state index in [9.17, 15) is 0 Å². The Hall–Kier alpha value is -0.420. The summed E-state index contributed by atoms with van der Waals surface area (Å²) < 4.78 is 1.12. The van der Waals surface area contributed by atoms with Crippen LogP contribution in [0.5, 0.6) is 0 Å². The number of benzene rings is 1. The van der Waals surface area contributed by atoms with E-state index >= 15 is 0 Å². The van der Waals surface area contributed by atoms with Crippen LogP contribution in [0.1, 0.15) is 12.0 Å². The van der Waals surface area contributed by atoms with Crippen molar-refractivity contribution in [2.45, 2.75) is 24.9 Å². The molecule has 19 heavy (non-hydrogen) atoms. The van der Waals surface area contributed by atoms with Crippen LogP contribution in [0.3, 0.4) is 0 Å². The maximum absolute atomic E-state index is 6.46. The Labute approximate surface area is 124 Å². The van der Waals surface area contributed by atoms with Crippen molar-refractivity contribution >= 4 is 15.9 Å². The zero-order valence-corrected chi connectivity index (χ0v) is 13.4. The van der Waals surface area contributed by atoms with Crippen LogP contribution in [0.15, 0.2) is 28.7 Å². The zero-order valence-electron chi connectivity index (χ0n) is 11.8. The molecule has 1 saturated heterocycles. The van der Waals surface area contributed by atoms with Crippen molar-refractivity contribution < 1.29 is 0 Å². The fourth-order valence-corrected chi connectivity index (χ4v) is 3.06. The summed E-state index contributed by atoms with van der Waals surface area (Å²) in [5, 5.41) is 0. The molecule has 0 radical (unpaired) electrons. The second-order valence-electron chi connectivity index (χ2n) is 5.66. The van der Waals surface area contributed by atoms with Gasteiger partial charge < -0.3 is 15.5 Å². The van der Waals surface area contributed by atoms with Gasteiger partial charge in [0.15, 0.2) is 0 Å². The van der Waals surface area contributed by atoms with E-state index in [1.54, 1.807) is 0 Å². The van der Waals surface area contributed by atoms with Crippen molar-refractivity contribution in [2.24, 2.45) is 5.73 Å². The predicted molar refractivity (Wildman–Crippen MR) is 84.4 cm³/mol. The fraction of sp³-hybridized carbons (Fsp3) is 0.600. The van der Waals surface area contributed by atoms with Gasteiger partial charge in [0.1, 0.15) is 0 Å². The Morgan fingerprint density at radius 3 is 2.63 bits per heavy atom. The van der Waals surface area contributed by atoms with Crippen LogP contribution in [-0.4, -0.2) is 55.6 Å². The van der Waals surface area contributed by atoms with E-state index in [4.69, 9.17) is 5.73 Å². The highest BCUT2D eigenvalue weighted by atomic mass is 79.9. The Bertz CT molecular complexity index is 393. The highest BCUT2D eigenvalue weighted by molar-refractivity contribution is 9.10. The molecule has 0 amide bonds. The number of halogens is 1. The standard InChI is InChI=1S/C15H24BrN3/c1-18-8-3-9-19(2)15(11-18)14(17)10-12-4-6-13(16)7-5-12/h4-7,14-15H,3,8-11,17H2,1-2H3. The Morgan fingerprint density at radius 2 is 1.95 bits per heavy atom. The van der Waals surface area contributed by atoms with E-state index in [1.165, 1.54) is 18.5 Å². The maximum atomic E-state index is 6.46. The van der Waals surface area contributed by atoms with Gasteiger partial charge in [-0.1, -0.05) is 28.1 Å². The van der Waals surface area contributed by atoms with Gasteiger partial charge in [0.25, 0.3) is 0 Å². The molecule has 0 saturated carbocycles. The van der Waals surface area contributed by atoms with Gasteiger partial charge in [-0.2, -0.15) is 0 Å². The van der Waals surface area contributed by atoms with Crippen LogP contribution < -0.4 is 5.73 Å². The summed E-state index contributed by atoms with van der Waals surface area (Å²) in [6.45, 7) is 3.38. The number of nitrogens with two attached hydrogens (primary N) is 1. The molecule has 2 unspecified atom stereocenters. The summed E-state index contributed by atoms with van der Waals surface area (Å²) in [6.07, 6.45) is 2.17. The van der Waals surface area contributed by atoms with E-state index in [0.29, 0.717) is 6.04 Å². The predicted octanol–water partition coefficient (Wildman–Crippen LogP) is 1.95. The molecule has 0 aromatic heterocycles. The molecule has 2 rings (SSSR count). The summed E-state index contributed by atoms with van der Waals surface area (Å²) >= 11 is 3.47. The van der Waals surface area contributed by atoms with Crippen molar-refractivity contribution in [1.29, 1.82) is 0 Å². The second-order valence-corrected chi connectivity index (χ2v) is 6.57. The third-order valence-electron chi connectivity index (χ3n) is 3.99.